The molecule has 0 atom stereocenters. The molecule has 0 heterocycles. The fourth-order valence-corrected chi connectivity index (χ4v) is 1.20. The van der Waals surface area contributed by atoms with Crippen LogP contribution in [0.1, 0.15) is 17.3 Å². The van der Waals surface area contributed by atoms with E-state index in [4.69, 9.17) is 5.73 Å². The van der Waals surface area contributed by atoms with Crippen LogP contribution in [0.2, 0.25) is 0 Å². The molecule has 0 fully saturated rings. The van der Waals surface area contributed by atoms with Crippen LogP contribution in [0, 0.1) is 0 Å². The minimum absolute atomic E-state index is 0.125. The molecule has 6 nitrogen and oxygen atoms in total. The lowest BCUT2D eigenvalue weighted by Crippen LogP contribution is -2.33. The van der Waals surface area contributed by atoms with E-state index in [-0.39, 0.29) is 23.3 Å². The van der Waals surface area contributed by atoms with E-state index in [1.807, 2.05) is 0 Å². The Kier molecular flexibility index (Phi) is 4.33. The van der Waals surface area contributed by atoms with Crippen LogP contribution in [0.25, 0.3) is 0 Å². The van der Waals surface area contributed by atoms with Gasteiger partial charge in [0.05, 0.1) is 5.69 Å². The molecule has 0 aliphatic heterocycles. The molecule has 1 rings (SSSR count). The van der Waals surface area contributed by atoms with Gasteiger partial charge in [0.15, 0.2) is 0 Å². The number of rotatable bonds is 4. The molecule has 92 valence electrons. The summed E-state index contributed by atoms with van der Waals surface area (Å²) in [5, 5.41) is 14.5. The Hall–Kier alpha value is -2.24. The number of amides is 2. The van der Waals surface area contributed by atoms with Crippen molar-refractivity contribution in [2.45, 2.75) is 6.92 Å². The Morgan fingerprint density at radius 1 is 1.29 bits per heavy atom. The predicted molar refractivity (Wildman–Crippen MR) is 63.5 cm³/mol. The van der Waals surface area contributed by atoms with Gasteiger partial charge in [-0.1, -0.05) is 0 Å². The summed E-state index contributed by atoms with van der Waals surface area (Å²) < 4.78 is 0. The van der Waals surface area contributed by atoms with Crippen LogP contribution in [0.3, 0.4) is 0 Å². The third kappa shape index (κ3) is 4.02. The Bertz CT molecular complexity index is 432. The molecule has 0 aliphatic rings. The highest BCUT2D eigenvalue weighted by molar-refractivity contribution is 5.95. The third-order valence-electron chi connectivity index (χ3n) is 2.08. The summed E-state index contributed by atoms with van der Waals surface area (Å²) in [6, 6.07) is 4.27. The van der Waals surface area contributed by atoms with Gasteiger partial charge in [-0.3, -0.25) is 9.59 Å². The Morgan fingerprint density at radius 2 is 1.94 bits per heavy atom. The van der Waals surface area contributed by atoms with Gasteiger partial charge in [0.1, 0.15) is 5.75 Å². The van der Waals surface area contributed by atoms with E-state index in [2.05, 4.69) is 10.6 Å². The third-order valence-corrected chi connectivity index (χ3v) is 2.08. The van der Waals surface area contributed by atoms with Crippen LogP contribution in [-0.2, 0) is 4.79 Å². The number of hydrogen-bond donors (Lipinski definition) is 4. The summed E-state index contributed by atoms with van der Waals surface area (Å²) in [6.45, 7) is 2.09. The molecule has 5 N–H and O–H groups in total. The first kappa shape index (κ1) is 12.8. The van der Waals surface area contributed by atoms with E-state index in [0.717, 1.165) is 0 Å². The highest BCUT2D eigenvalue weighted by Gasteiger charge is 2.07. The van der Waals surface area contributed by atoms with Crippen LogP contribution in [0.15, 0.2) is 18.2 Å². The second-order valence-electron chi connectivity index (χ2n) is 3.51. The Morgan fingerprint density at radius 3 is 2.53 bits per heavy atom. The topological polar surface area (TPSA) is 104 Å². The normalized spacial score (nSPS) is 9.71. The summed E-state index contributed by atoms with van der Waals surface area (Å²) in [7, 11) is 0. The maximum Gasteiger partial charge on any atom is 0.251 e. The Balaban J connectivity index is 2.47. The quantitative estimate of drug-likeness (QED) is 0.332. The molecule has 2 amide bonds. The molecule has 0 radical (unpaired) electrons. The summed E-state index contributed by atoms with van der Waals surface area (Å²) in [6.07, 6.45) is 0. The number of aromatic hydroxyl groups is 1. The summed E-state index contributed by atoms with van der Waals surface area (Å²) in [5.74, 6) is -0.602. The molecule has 1 aromatic carbocycles. The Labute approximate surface area is 98.8 Å². The highest BCUT2D eigenvalue weighted by Crippen LogP contribution is 2.20. The first-order chi connectivity index (χ1) is 8.00. The predicted octanol–water partition coefficient (Wildman–Crippen LogP) is -0.160. The number of nitrogens with two attached hydrogens (primary N) is 1. The number of phenols is 1. The van der Waals surface area contributed by atoms with Gasteiger partial charge >= 0.3 is 0 Å². The number of nitrogen functional groups attached to an aromatic ring is 1. The van der Waals surface area contributed by atoms with Gasteiger partial charge in [0, 0.05) is 25.6 Å². The number of hydrogen-bond acceptors (Lipinski definition) is 4. The van der Waals surface area contributed by atoms with Gasteiger partial charge in [-0.15, -0.1) is 0 Å². The fourth-order valence-electron chi connectivity index (χ4n) is 1.20. The first-order valence-electron chi connectivity index (χ1n) is 5.12. The van der Waals surface area contributed by atoms with E-state index in [1.54, 1.807) is 0 Å². The van der Waals surface area contributed by atoms with Crippen molar-refractivity contribution in [3.8, 4) is 5.75 Å². The first-order valence-corrected chi connectivity index (χ1v) is 5.12. The van der Waals surface area contributed by atoms with Crippen molar-refractivity contribution in [2.75, 3.05) is 18.8 Å². The molecule has 0 spiro atoms. The van der Waals surface area contributed by atoms with Gasteiger partial charge in [0.2, 0.25) is 5.91 Å². The highest BCUT2D eigenvalue weighted by atomic mass is 16.3. The number of benzene rings is 1. The fraction of sp³-hybridized carbons (Fsp3) is 0.273. The van der Waals surface area contributed by atoms with Crippen molar-refractivity contribution in [3.05, 3.63) is 23.8 Å². The molecule has 0 saturated heterocycles. The summed E-state index contributed by atoms with van der Waals surface area (Å²) in [4.78, 5) is 22.1. The van der Waals surface area contributed by atoms with E-state index >= 15 is 0 Å². The zero-order valence-electron chi connectivity index (χ0n) is 9.49. The average Bonchev–Trinajstić information content (AvgIpc) is 2.27. The number of anilines is 1. The van der Waals surface area contributed by atoms with Crippen molar-refractivity contribution in [1.29, 1.82) is 0 Å². The summed E-state index contributed by atoms with van der Waals surface area (Å²) in [5.41, 5.74) is 5.96. The molecule has 0 aromatic heterocycles. The number of carbonyl (C=O) groups is 2. The smallest absolute Gasteiger partial charge is 0.251 e. The molecule has 1 aromatic rings. The molecule has 0 saturated carbocycles. The molecule has 17 heavy (non-hydrogen) atoms. The summed E-state index contributed by atoms with van der Waals surface area (Å²) >= 11 is 0. The lowest BCUT2D eigenvalue weighted by Gasteiger charge is -2.06. The second kappa shape index (κ2) is 5.74. The molecule has 0 bridgehead atoms. The van der Waals surface area contributed by atoms with E-state index in [0.29, 0.717) is 18.7 Å². The number of nitrogens with one attached hydrogen (secondary N) is 2. The van der Waals surface area contributed by atoms with Gasteiger partial charge in [0.25, 0.3) is 5.91 Å². The number of carbonyl (C=O) groups excluding carboxylic acids is 2. The molecular formula is C11H15N3O3. The van der Waals surface area contributed by atoms with Crippen LogP contribution >= 0.6 is 0 Å². The van der Waals surface area contributed by atoms with Crippen LogP contribution in [0.4, 0.5) is 5.69 Å². The van der Waals surface area contributed by atoms with Crippen molar-refractivity contribution in [2.24, 2.45) is 0 Å². The zero-order valence-corrected chi connectivity index (χ0v) is 9.49. The number of phenolic OH excluding ortho intramolecular Hbond substituents is 1. The SMILES string of the molecule is CC(=O)NCCNC(=O)c1ccc(N)c(O)c1. The molecular weight excluding hydrogens is 222 g/mol. The minimum atomic E-state index is -0.328. The van der Waals surface area contributed by atoms with Gasteiger partial charge < -0.3 is 21.5 Å². The van der Waals surface area contributed by atoms with Crippen molar-refractivity contribution in [1.82, 2.24) is 10.6 Å². The largest absolute Gasteiger partial charge is 0.506 e. The average molecular weight is 237 g/mol. The van der Waals surface area contributed by atoms with E-state index < -0.39 is 0 Å². The lowest BCUT2D eigenvalue weighted by molar-refractivity contribution is -0.118. The van der Waals surface area contributed by atoms with Crippen LogP contribution < -0.4 is 16.4 Å². The van der Waals surface area contributed by atoms with Crippen molar-refractivity contribution < 1.29 is 14.7 Å². The van der Waals surface area contributed by atoms with Gasteiger partial charge in [-0.05, 0) is 18.2 Å². The van der Waals surface area contributed by atoms with Crippen molar-refractivity contribution >= 4 is 17.5 Å². The standard InChI is InChI=1S/C11H15N3O3/c1-7(15)13-4-5-14-11(17)8-2-3-9(12)10(16)6-8/h2-3,6,16H,4-5,12H2,1H3,(H,13,15)(H,14,17). The van der Waals surface area contributed by atoms with Crippen LogP contribution in [0.5, 0.6) is 5.75 Å². The molecule has 6 heteroatoms. The molecule has 0 aliphatic carbocycles. The maximum atomic E-state index is 11.6. The maximum absolute atomic E-state index is 11.6. The monoisotopic (exact) mass is 237 g/mol. The van der Waals surface area contributed by atoms with Gasteiger partial charge in [-0.25, -0.2) is 0 Å². The van der Waals surface area contributed by atoms with Crippen molar-refractivity contribution in [3.63, 3.8) is 0 Å². The minimum Gasteiger partial charge on any atom is -0.506 e. The second-order valence-corrected chi connectivity index (χ2v) is 3.51. The van der Waals surface area contributed by atoms with Crippen LogP contribution in [-0.4, -0.2) is 30.0 Å². The van der Waals surface area contributed by atoms with E-state index in [9.17, 15) is 14.7 Å². The zero-order chi connectivity index (χ0) is 12.8. The van der Waals surface area contributed by atoms with Gasteiger partial charge in [-0.2, -0.15) is 0 Å². The lowest BCUT2D eigenvalue weighted by atomic mass is 10.2. The molecule has 0 unspecified atom stereocenters. The van der Waals surface area contributed by atoms with E-state index in [1.165, 1.54) is 25.1 Å².